The van der Waals surface area contributed by atoms with Gasteiger partial charge in [0.2, 0.25) is 0 Å². The Morgan fingerprint density at radius 2 is 1.79 bits per heavy atom. The summed E-state index contributed by atoms with van der Waals surface area (Å²) < 4.78 is 1.64. The van der Waals surface area contributed by atoms with Crippen LogP contribution in [-0.2, 0) is 7.05 Å². The normalized spacial score (nSPS) is 10.9. The van der Waals surface area contributed by atoms with Crippen molar-refractivity contribution in [3.8, 4) is 10.6 Å². The zero-order chi connectivity index (χ0) is 20.5. The third kappa shape index (κ3) is 3.59. The molecule has 0 saturated heterocycles. The van der Waals surface area contributed by atoms with E-state index in [1.165, 1.54) is 11.3 Å². The van der Waals surface area contributed by atoms with Crippen LogP contribution < -0.4 is 10.9 Å². The quantitative estimate of drug-likeness (QED) is 0.489. The summed E-state index contributed by atoms with van der Waals surface area (Å²) in [6.07, 6.45) is 0. The number of rotatable bonds is 3. The molecule has 0 saturated carbocycles. The highest BCUT2D eigenvalue weighted by Gasteiger charge is 2.20. The fraction of sp³-hybridized carbons (Fsp3) is 0.100. The minimum atomic E-state index is -0.504. The number of carbonyl (C=O) groups excluding carboxylic acids is 2. The number of nitrogens with one attached hydrogen (secondary N) is 2. The van der Waals surface area contributed by atoms with E-state index in [0.29, 0.717) is 33.0 Å². The van der Waals surface area contributed by atoms with Crippen LogP contribution in [0.3, 0.4) is 0 Å². The molecule has 7 nitrogen and oxygen atoms in total. The molecule has 4 rings (SSSR count). The van der Waals surface area contributed by atoms with Gasteiger partial charge in [0.05, 0.1) is 37.8 Å². The van der Waals surface area contributed by atoms with Gasteiger partial charge in [-0.3, -0.25) is 25.1 Å². The number of aryl methyl sites for hydroxylation is 2. The van der Waals surface area contributed by atoms with E-state index in [9.17, 15) is 9.59 Å². The Bertz CT molecular complexity index is 1230. The molecule has 0 spiro atoms. The SMILES string of the molecule is Cc1nn(C)c2nc(-c3cccs3)cc(C(=O)NNC(=O)c3ccccc3Cl)c12. The first-order valence-electron chi connectivity index (χ1n) is 8.69. The first kappa shape index (κ1) is 19.1. The van der Waals surface area contributed by atoms with Gasteiger partial charge < -0.3 is 0 Å². The van der Waals surface area contributed by atoms with Crippen LogP contribution in [0.2, 0.25) is 5.02 Å². The fourth-order valence-corrected chi connectivity index (χ4v) is 3.98. The lowest BCUT2D eigenvalue weighted by Crippen LogP contribution is -2.41. The molecule has 2 N–H and O–H groups in total. The molecule has 29 heavy (non-hydrogen) atoms. The van der Waals surface area contributed by atoms with Crippen LogP contribution in [0, 0.1) is 6.92 Å². The van der Waals surface area contributed by atoms with Crippen molar-refractivity contribution in [1.29, 1.82) is 0 Å². The van der Waals surface area contributed by atoms with Crippen molar-refractivity contribution in [2.45, 2.75) is 6.92 Å². The summed E-state index contributed by atoms with van der Waals surface area (Å²) >= 11 is 7.57. The third-order valence-corrected chi connectivity index (χ3v) is 5.62. The van der Waals surface area contributed by atoms with Gasteiger partial charge in [-0.1, -0.05) is 29.8 Å². The number of thiophene rings is 1. The number of hydrogen-bond donors (Lipinski definition) is 2. The number of hydrazine groups is 1. The summed E-state index contributed by atoms with van der Waals surface area (Å²) in [5, 5.41) is 7.26. The molecule has 1 aromatic carbocycles. The minimum absolute atomic E-state index is 0.270. The van der Waals surface area contributed by atoms with Crippen molar-refractivity contribution in [3.63, 3.8) is 0 Å². The highest BCUT2D eigenvalue weighted by Crippen LogP contribution is 2.29. The maximum absolute atomic E-state index is 12.9. The molecule has 0 aliphatic heterocycles. The number of hydrogen-bond acceptors (Lipinski definition) is 5. The maximum Gasteiger partial charge on any atom is 0.271 e. The van der Waals surface area contributed by atoms with Gasteiger partial charge in [0.25, 0.3) is 11.8 Å². The molecule has 2 amide bonds. The van der Waals surface area contributed by atoms with Crippen LogP contribution in [0.15, 0.2) is 47.8 Å². The highest BCUT2D eigenvalue weighted by molar-refractivity contribution is 7.13. The van der Waals surface area contributed by atoms with Gasteiger partial charge in [-0.25, -0.2) is 4.98 Å². The van der Waals surface area contributed by atoms with Gasteiger partial charge in [-0.15, -0.1) is 11.3 Å². The largest absolute Gasteiger partial charge is 0.271 e. The van der Waals surface area contributed by atoms with Crippen LogP contribution in [0.5, 0.6) is 0 Å². The molecule has 3 aromatic heterocycles. The summed E-state index contributed by atoms with van der Waals surface area (Å²) in [4.78, 5) is 30.9. The lowest BCUT2D eigenvalue weighted by atomic mass is 10.1. The summed E-state index contributed by atoms with van der Waals surface area (Å²) in [7, 11) is 1.78. The first-order valence-corrected chi connectivity index (χ1v) is 9.95. The third-order valence-electron chi connectivity index (χ3n) is 4.39. The Balaban J connectivity index is 1.68. The lowest BCUT2D eigenvalue weighted by Gasteiger charge is -2.10. The van der Waals surface area contributed by atoms with E-state index < -0.39 is 11.8 Å². The molecule has 0 radical (unpaired) electrons. The second kappa shape index (κ2) is 7.65. The van der Waals surface area contributed by atoms with E-state index in [1.54, 1.807) is 42.1 Å². The summed E-state index contributed by atoms with van der Waals surface area (Å²) in [6, 6.07) is 12.2. The molecule has 4 aromatic rings. The van der Waals surface area contributed by atoms with Gasteiger partial charge in [0.1, 0.15) is 0 Å². The zero-order valence-electron chi connectivity index (χ0n) is 15.6. The molecule has 0 aliphatic rings. The number of halogens is 1. The predicted molar refractivity (Wildman–Crippen MR) is 113 cm³/mol. The monoisotopic (exact) mass is 425 g/mol. The average molecular weight is 426 g/mol. The lowest BCUT2D eigenvalue weighted by molar-refractivity contribution is 0.0847. The number of carbonyl (C=O) groups is 2. The van der Waals surface area contributed by atoms with Gasteiger partial charge in [-0.05, 0) is 36.6 Å². The van der Waals surface area contributed by atoms with Crippen molar-refractivity contribution in [3.05, 3.63) is 69.7 Å². The molecule has 0 unspecified atom stereocenters. The molecule has 0 fully saturated rings. The zero-order valence-corrected chi connectivity index (χ0v) is 17.1. The van der Waals surface area contributed by atoms with E-state index in [-0.39, 0.29) is 5.56 Å². The van der Waals surface area contributed by atoms with E-state index in [2.05, 4.69) is 20.9 Å². The van der Waals surface area contributed by atoms with Crippen LogP contribution in [0.25, 0.3) is 21.6 Å². The van der Waals surface area contributed by atoms with Crippen LogP contribution in [0.4, 0.5) is 0 Å². The van der Waals surface area contributed by atoms with E-state index in [4.69, 9.17) is 11.6 Å². The van der Waals surface area contributed by atoms with Crippen molar-refractivity contribution >= 4 is 45.8 Å². The molecule has 3 heterocycles. The van der Waals surface area contributed by atoms with Crippen LogP contribution in [-0.4, -0.2) is 26.6 Å². The molecule has 0 bridgehead atoms. The maximum atomic E-state index is 12.9. The van der Waals surface area contributed by atoms with Crippen LogP contribution in [0.1, 0.15) is 26.4 Å². The highest BCUT2D eigenvalue weighted by atomic mass is 35.5. The Kier molecular flexibility index (Phi) is 5.04. The smallest absolute Gasteiger partial charge is 0.267 e. The average Bonchev–Trinajstić information content (AvgIpc) is 3.34. The molecule has 0 atom stereocenters. The molecule has 0 aliphatic carbocycles. The van der Waals surface area contributed by atoms with Crippen molar-refractivity contribution in [2.75, 3.05) is 0 Å². The van der Waals surface area contributed by atoms with Crippen molar-refractivity contribution in [2.24, 2.45) is 7.05 Å². The molecular weight excluding hydrogens is 410 g/mol. The number of benzene rings is 1. The summed E-state index contributed by atoms with van der Waals surface area (Å²) in [6.45, 7) is 1.81. The van der Waals surface area contributed by atoms with Gasteiger partial charge >= 0.3 is 0 Å². The van der Waals surface area contributed by atoms with E-state index >= 15 is 0 Å². The predicted octanol–water partition coefficient (Wildman–Crippen LogP) is 3.73. The summed E-state index contributed by atoms with van der Waals surface area (Å²) in [5.41, 5.74) is 7.46. The Labute approximate surface area is 175 Å². The number of pyridine rings is 1. The standard InChI is InChI=1S/C20H16ClN5O2S/c1-11-17-13(20(28)24-23-19(27)12-6-3-4-7-14(12)21)10-15(16-8-5-9-29-16)22-18(17)26(2)25-11/h3-10H,1-2H3,(H,23,27)(H,24,28). The second-order valence-electron chi connectivity index (χ2n) is 6.33. The molecule has 146 valence electrons. The van der Waals surface area contributed by atoms with Gasteiger partial charge in [0.15, 0.2) is 5.65 Å². The van der Waals surface area contributed by atoms with Gasteiger partial charge in [0, 0.05) is 7.05 Å². The van der Waals surface area contributed by atoms with Crippen LogP contribution >= 0.6 is 22.9 Å². The van der Waals surface area contributed by atoms with Gasteiger partial charge in [-0.2, -0.15) is 5.10 Å². The summed E-state index contributed by atoms with van der Waals surface area (Å²) in [5.74, 6) is -0.970. The van der Waals surface area contributed by atoms with Crippen molar-refractivity contribution in [1.82, 2.24) is 25.6 Å². The Morgan fingerprint density at radius 1 is 1.07 bits per heavy atom. The fourth-order valence-electron chi connectivity index (χ4n) is 3.07. The Hall–Kier alpha value is -3.23. The number of fused-ring (bicyclic) bond motifs is 1. The van der Waals surface area contributed by atoms with E-state index in [0.717, 1.165) is 4.88 Å². The number of nitrogens with zero attached hydrogens (tertiary/aromatic N) is 3. The van der Waals surface area contributed by atoms with E-state index in [1.807, 2.05) is 24.4 Å². The minimum Gasteiger partial charge on any atom is -0.267 e. The number of aromatic nitrogens is 3. The first-order chi connectivity index (χ1) is 14.0. The second-order valence-corrected chi connectivity index (χ2v) is 7.68. The number of amides is 2. The Morgan fingerprint density at radius 3 is 2.48 bits per heavy atom. The topological polar surface area (TPSA) is 88.9 Å². The molecular formula is C20H16ClN5O2S. The molecule has 9 heteroatoms. The van der Waals surface area contributed by atoms with Crippen molar-refractivity contribution < 1.29 is 9.59 Å².